The summed E-state index contributed by atoms with van der Waals surface area (Å²) >= 11 is 0. The summed E-state index contributed by atoms with van der Waals surface area (Å²) in [6.45, 7) is 3.33. The van der Waals surface area contributed by atoms with Gasteiger partial charge in [0.05, 0.1) is 12.5 Å². The van der Waals surface area contributed by atoms with Gasteiger partial charge in [-0.05, 0) is 54.2 Å². The lowest BCUT2D eigenvalue weighted by atomic mass is 10.0. The van der Waals surface area contributed by atoms with Gasteiger partial charge in [-0.2, -0.15) is 0 Å². The number of nitrogens with one attached hydrogen (secondary N) is 4. The zero-order valence-corrected chi connectivity index (χ0v) is 28.4. The molecular weight excluding hydrogens is 666 g/mol. The number of aliphatic imine (C=N–C) groups is 1. The van der Waals surface area contributed by atoms with Crippen LogP contribution in [0.15, 0.2) is 53.5 Å². The van der Waals surface area contributed by atoms with E-state index in [1.165, 1.54) is 48.5 Å². The van der Waals surface area contributed by atoms with Crippen LogP contribution in [-0.2, 0) is 41.6 Å². The first-order chi connectivity index (χ1) is 24.0. The van der Waals surface area contributed by atoms with Gasteiger partial charge in [0, 0.05) is 19.4 Å². The van der Waals surface area contributed by atoms with Gasteiger partial charge in [-0.15, -0.1) is 0 Å². The fourth-order valence-corrected chi connectivity index (χ4v) is 4.81. The predicted molar refractivity (Wildman–Crippen MR) is 186 cm³/mol. The number of carboxylic acid groups (broad SMARTS) is 1. The van der Waals surface area contributed by atoms with Gasteiger partial charge in [-0.25, -0.2) is 4.79 Å². The SMILES string of the molecule is CC(C)[C@H](NC(=O)[C@H](CC(N)=O)NC(=O)[C@H](Cc1ccc(O)cc1)NC(=O)[C@H](Cc1ccc(O)cc1)NC(=O)[C@@H](N)CCCN=C(N)N)C(=O)O. The fourth-order valence-electron chi connectivity index (χ4n) is 4.81. The molecule has 0 saturated carbocycles. The Bertz CT molecular complexity index is 1550. The van der Waals surface area contributed by atoms with Gasteiger partial charge in [0.2, 0.25) is 29.5 Å². The first-order valence-corrected chi connectivity index (χ1v) is 16.1. The lowest BCUT2D eigenvalue weighted by molar-refractivity contribution is -0.143. The van der Waals surface area contributed by atoms with Crippen molar-refractivity contribution in [3.8, 4) is 11.5 Å². The van der Waals surface area contributed by atoms with E-state index in [0.717, 1.165) is 0 Å². The number of benzene rings is 2. The summed E-state index contributed by atoms with van der Waals surface area (Å²) in [5.41, 5.74) is 23.1. The number of hydrogen-bond acceptors (Lipinski definition) is 10. The van der Waals surface area contributed by atoms with E-state index in [0.29, 0.717) is 17.5 Å². The molecule has 18 heteroatoms. The molecule has 0 saturated heterocycles. The van der Waals surface area contributed by atoms with E-state index < -0.39 is 78.1 Å². The Morgan fingerprint density at radius 3 is 1.53 bits per heavy atom. The number of nitrogens with two attached hydrogens (primary N) is 4. The number of carbonyl (C=O) groups excluding carboxylic acids is 5. The molecule has 2 rings (SSSR count). The van der Waals surface area contributed by atoms with Crippen LogP contribution in [0.25, 0.3) is 0 Å². The van der Waals surface area contributed by atoms with Gasteiger partial charge in [0.25, 0.3) is 0 Å². The summed E-state index contributed by atoms with van der Waals surface area (Å²) in [6.07, 6.45) is -0.435. The highest BCUT2D eigenvalue weighted by atomic mass is 16.4. The summed E-state index contributed by atoms with van der Waals surface area (Å²) < 4.78 is 0. The molecule has 0 fully saturated rings. The van der Waals surface area contributed by atoms with Crippen molar-refractivity contribution >= 4 is 41.5 Å². The number of amides is 5. The summed E-state index contributed by atoms with van der Waals surface area (Å²) in [5.74, 6) is -6.53. The molecule has 0 aliphatic rings. The molecule has 0 spiro atoms. The highest BCUT2D eigenvalue weighted by Gasteiger charge is 2.33. The quantitative estimate of drug-likeness (QED) is 0.0396. The Morgan fingerprint density at radius 1 is 0.686 bits per heavy atom. The van der Waals surface area contributed by atoms with E-state index >= 15 is 0 Å². The van der Waals surface area contributed by atoms with E-state index in [9.17, 15) is 44.1 Å². The summed E-state index contributed by atoms with van der Waals surface area (Å²) in [6, 6.07) is 4.80. The molecule has 2 aromatic carbocycles. The number of aromatic hydroxyl groups is 2. The first kappa shape index (κ1) is 41.3. The second-order valence-electron chi connectivity index (χ2n) is 12.2. The second-order valence-corrected chi connectivity index (χ2v) is 12.2. The zero-order chi connectivity index (χ0) is 38.2. The number of carbonyl (C=O) groups is 6. The maximum atomic E-state index is 13.9. The van der Waals surface area contributed by atoms with Gasteiger partial charge in [0.15, 0.2) is 5.96 Å². The van der Waals surface area contributed by atoms with Gasteiger partial charge < -0.3 is 59.5 Å². The highest BCUT2D eigenvalue weighted by molar-refractivity contribution is 5.97. The molecule has 0 heterocycles. The third-order valence-electron chi connectivity index (χ3n) is 7.59. The largest absolute Gasteiger partial charge is 0.508 e. The Kier molecular flexibility index (Phi) is 16.1. The number of guanidine groups is 1. The number of phenols is 2. The molecule has 0 unspecified atom stereocenters. The standard InChI is InChI=1S/C33H47N9O9/c1-17(2)27(32(50)51)42-31(49)25(16-26(35)45)41-30(48)24(15-19-7-11-21(44)12-8-19)40-29(47)23(14-18-5-9-20(43)10-6-18)39-28(46)22(34)4-3-13-38-33(36)37/h5-12,17,22-25,27,43-44H,3-4,13-16,34H2,1-2H3,(H2,35,45)(H,39,46)(H,40,47)(H,41,48)(H,42,49)(H,50,51)(H4,36,37,38)/t22-,23-,24-,25-,27-/m0/s1. The van der Waals surface area contributed by atoms with Crippen LogP contribution in [0.4, 0.5) is 0 Å². The van der Waals surface area contributed by atoms with Crippen molar-refractivity contribution in [1.29, 1.82) is 0 Å². The minimum Gasteiger partial charge on any atom is -0.508 e. The molecule has 0 bridgehead atoms. The summed E-state index contributed by atoms with van der Waals surface area (Å²) in [5, 5.41) is 38.9. The number of nitrogens with zero attached hydrogens (tertiary/aromatic N) is 1. The number of carboxylic acids is 1. The van der Waals surface area contributed by atoms with Crippen LogP contribution in [0, 0.1) is 5.92 Å². The normalized spacial score (nSPS) is 13.8. The smallest absolute Gasteiger partial charge is 0.326 e. The molecule has 0 aliphatic carbocycles. The van der Waals surface area contributed by atoms with Crippen LogP contribution >= 0.6 is 0 Å². The van der Waals surface area contributed by atoms with E-state index in [1.54, 1.807) is 13.8 Å². The van der Waals surface area contributed by atoms with Crippen molar-refractivity contribution in [3.63, 3.8) is 0 Å². The predicted octanol–water partition coefficient (Wildman–Crippen LogP) is -2.18. The van der Waals surface area contributed by atoms with Crippen molar-refractivity contribution in [1.82, 2.24) is 21.3 Å². The third-order valence-corrected chi connectivity index (χ3v) is 7.59. The minimum absolute atomic E-state index is 0.0326. The van der Waals surface area contributed by atoms with Crippen LogP contribution in [0.5, 0.6) is 11.5 Å². The van der Waals surface area contributed by atoms with Crippen molar-refractivity contribution in [2.75, 3.05) is 6.54 Å². The number of rotatable bonds is 20. The van der Waals surface area contributed by atoms with Crippen molar-refractivity contribution < 1.29 is 44.1 Å². The summed E-state index contributed by atoms with van der Waals surface area (Å²) in [4.78, 5) is 81.2. The molecule has 5 atom stereocenters. The average Bonchev–Trinajstić information content (AvgIpc) is 3.05. The molecular formula is C33H47N9O9. The molecule has 18 nitrogen and oxygen atoms in total. The van der Waals surface area contributed by atoms with Crippen molar-refractivity contribution in [2.45, 2.75) is 76.2 Å². The van der Waals surface area contributed by atoms with Crippen molar-refractivity contribution in [3.05, 3.63) is 59.7 Å². The van der Waals surface area contributed by atoms with Gasteiger partial charge in [-0.1, -0.05) is 38.1 Å². The molecule has 0 aliphatic heterocycles. The minimum atomic E-state index is -1.61. The third kappa shape index (κ3) is 14.6. The Hall–Kier alpha value is -5.91. The average molecular weight is 714 g/mol. The lowest BCUT2D eigenvalue weighted by Crippen LogP contribution is -2.60. The van der Waals surface area contributed by atoms with Crippen LogP contribution in [0.2, 0.25) is 0 Å². The summed E-state index contributed by atoms with van der Waals surface area (Å²) in [7, 11) is 0. The number of hydrogen-bond donors (Lipinski definition) is 11. The van der Waals surface area contributed by atoms with E-state index in [1.807, 2.05) is 0 Å². The van der Waals surface area contributed by atoms with Gasteiger partial charge in [-0.3, -0.25) is 29.0 Å². The second kappa shape index (κ2) is 19.9. The molecule has 15 N–H and O–H groups in total. The van der Waals surface area contributed by atoms with Gasteiger partial charge in [0.1, 0.15) is 35.7 Å². The topological polar surface area (TPSA) is 328 Å². The molecule has 0 radical (unpaired) electrons. The van der Waals surface area contributed by atoms with Crippen molar-refractivity contribution in [2.24, 2.45) is 33.8 Å². The van der Waals surface area contributed by atoms with E-state index in [4.69, 9.17) is 22.9 Å². The van der Waals surface area contributed by atoms with Gasteiger partial charge >= 0.3 is 5.97 Å². The Morgan fingerprint density at radius 2 is 1.12 bits per heavy atom. The number of phenolic OH excluding ortho intramolecular Hbond substituents is 2. The molecule has 278 valence electrons. The monoisotopic (exact) mass is 713 g/mol. The maximum Gasteiger partial charge on any atom is 0.326 e. The Balaban J connectivity index is 2.40. The first-order valence-electron chi connectivity index (χ1n) is 16.1. The van der Waals surface area contributed by atoms with Crippen LogP contribution in [0.3, 0.4) is 0 Å². The number of aliphatic carboxylic acids is 1. The number of primary amides is 1. The van der Waals surface area contributed by atoms with Crippen LogP contribution in [-0.4, -0.2) is 93.5 Å². The molecule has 2 aromatic rings. The molecule has 0 aromatic heterocycles. The maximum absolute atomic E-state index is 13.9. The van der Waals surface area contributed by atoms with Crippen LogP contribution < -0.4 is 44.2 Å². The highest BCUT2D eigenvalue weighted by Crippen LogP contribution is 2.14. The zero-order valence-electron chi connectivity index (χ0n) is 28.4. The molecule has 5 amide bonds. The van der Waals surface area contributed by atoms with E-state index in [-0.39, 0.29) is 43.3 Å². The Labute approximate surface area is 294 Å². The van der Waals surface area contributed by atoms with E-state index in [2.05, 4.69) is 26.3 Å². The lowest BCUT2D eigenvalue weighted by Gasteiger charge is -2.27. The fraction of sp³-hybridized carbons (Fsp3) is 0.424. The molecule has 51 heavy (non-hydrogen) atoms. The van der Waals surface area contributed by atoms with Crippen LogP contribution in [0.1, 0.15) is 44.2 Å².